The number of anilines is 2. The molecule has 1 saturated heterocycles. The first-order valence-electron chi connectivity index (χ1n) is 7.54. The molecule has 4 N–H and O–H groups in total. The Balaban J connectivity index is 1.99. The summed E-state index contributed by atoms with van der Waals surface area (Å²) in [7, 11) is 0. The van der Waals surface area contributed by atoms with Crippen LogP contribution in [0.3, 0.4) is 0 Å². The highest BCUT2D eigenvalue weighted by atomic mass is 32.1. The van der Waals surface area contributed by atoms with E-state index in [1.54, 1.807) is 0 Å². The molecule has 0 aliphatic carbocycles. The summed E-state index contributed by atoms with van der Waals surface area (Å²) >= 11 is 1.37. The molecular weight excluding hydrogens is 288 g/mol. The van der Waals surface area contributed by atoms with E-state index in [9.17, 15) is 4.79 Å². The molecule has 0 radical (unpaired) electrons. The number of rotatable bonds is 6. The number of hydrogen-bond acceptors (Lipinski definition) is 6. The van der Waals surface area contributed by atoms with Gasteiger partial charge in [-0.25, -0.2) is 4.98 Å². The van der Waals surface area contributed by atoms with Gasteiger partial charge in [-0.1, -0.05) is 11.3 Å². The van der Waals surface area contributed by atoms with Gasteiger partial charge in [0.1, 0.15) is 10.7 Å². The first kappa shape index (κ1) is 16.0. The summed E-state index contributed by atoms with van der Waals surface area (Å²) in [5, 5.41) is 12.6. The van der Waals surface area contributed by atoms with E-state index in [2.05, 4.69) is 15.2 Å². The molecule has 1 aliphatic heterocycles. The van der Waals surface area contributed by atoms with Gasteiger partial charge in [0, 0.05) is 25.7 Å². The second-order valence-electron chi connectivity index (χ2n) is 5.50. The first-order valence-corrected chi connectivity index (χ1v) is 8.36. The van der Waals surface area contributed by atoms with Gasteiger partial charge in [0.25, 0.3) is 5.91 Å². The maximum Gasteiger partial charge on any atom is 0.265 e. The van der Waals surface area contributed by atoms with Crippen LogP contribution in [0.15, 0.2) is 0 Å². The van der Waals surface area contributed by atoms with Gasteiger partial charge in [0.15, 0.2) is 5.13 Å². The van der Waals surface area contributed by atoms with E-state index in [-0.39, 0.29) is 18.6 Å². The minimum Gasteiger partial charge on any atom is -0.396 e. The van der Waals surface area contributed by atoms with Crippen LogP contribution in [0.2, 0.25) is 0 Å². The Bertz CT molecular complexity index is 472. The maximum absolute atomic E-state index is 12.2. The number of aromatic nitrogens is 1. The number of aliphatic hydroxyl groups is 1. The standard InChI is InChI=1S/C14H24N4O2S/c1-10(6-5-9-19)16-13(20)11-12(15)17-14(21-11)18-7-3-2-4-8-18/h10,19H,2-9,15H2,1H3,(H,16,20). The predicted octanol–water partition coefficient (Wildman–Crippen LogP) is 1.61. The van der Waals surface area contributed by atoms with Gasteiger partial charge in [-0.05, 0) is 39.0 Å². The molecule has 7 heteroatoms. The van der Waals surface area contributed by atoms with Crippen LogP contribution in [0.5, 0.6) is 0 Å². The van der Waals surface area contributed by atoms with Gasteiger partial charge in [0.2, 0.25) is 0 Å². The van der Waals surface area contributed by atoms with E-state index in [4.69, 9.17) is 10.8 Å². The summed E-state index contributed by atoms with van der Waals surface area (Å²) in [6, 6.07) is 0.0181. The van der Waals surface area contributed by atoms with Crippen molar-refractivity contribution in [3.63, 3.8) is 0 Å². The van der Waals surface area contributed by atoms with Crippen LogP contribution in [0.4, 0.5) is 10.9 Å². The maximum atomic E-state index is 12.2. The molecule has 1 aliphatic rings. The van der Waals surface area contributed by atoms with Gasteiger partial charge >= 0.3 is 0 Å². The summed E-state index contributed by atoms with van der Waals surface area (Å²) in [6.45, 7) is 4.04. The molecular formula is C14H24N4O2S. The molecule has 1 atom stereocenters. The third-order valence-electron chi connectivity index (χ3n) is 3.65. The number of carbonyl (C=O) groups is 1. The molecule has 0 bridgehead atoms. The van der Waals surface area contributed by atoms with Crippen LogP contribution < -0.4 is 16.0 Å². The van der Waals surface area contributed by atoms with E-state index in [0.29, 0.717) is 17.1 Å². The highest BCUT2D eigenvalue weighted by Crippen LogP contribution is 2.30. The Morgan fingerprint density at radius 3 is 2.86 bits per heavy atom. The van der Waals surface area contributed by atoms with Crippen molar-refractivity contribution in [2.75, 3.05) is 30.3 Å². The van der Waals surface area contributed by atoms with Gasteiger partial charge in [-0.2, -0.15) is 0 Å². The molecule has 1 fully saturated rings. The van der Waals surface area contributed by atoms with Crippen molar-refractivity contribution in [2.24, 2.45) is 0 Å². The molecule has 1 aromatic heterocycles. The second kappa shape index (κ2) is 7.61. The summed E-state index contributed by atoms with van der Waals surface area (Å²) in [5.41, 5.74) is 5.90. The topological polar surface area (TPSA) is 91.5 Å². The average molecular weight is 312 g/mol. The molecule has 0 saturated carbocycles. The van der Waals surface area contributed by atoms with E-state index < -0.39 is 0 Å². The zero-order valence-electron chi connectivity index (χ0n) is 12.5. The summed E-state index contributed by atoms with van der Waals surface area (Å²) in [6.07, 6.45) is 5.02. The van der Waals surface area contributed by atoms with Crippen molar-refractivity contribution in [1.82, 2.24) is 10.3 Å². The minimum atomic E-state index is -0.168. The number of nitrogen functional groups attached to an aromatic ring is 1. The molecule has 0 spiro atoms. The van der Waals surface area contributed by atoms with Crippen LogP contribution in [0, 0.1) is 0 Å². The number of hydrogen-bond donors (Lipinski definition) is 3. The Morgan fingerprint density at radius 1 is 1.48 bits per heavy atom. The lowest BCUT2D eigenvalue weighted by Gasteiger charge is -2.25. The average Bonchev–Trinajstić information content (AvgIpc) is 2.88. The smallest absolute Gasteiger partial charge is 0.265 e. The van der Waals surface area contributed by atoms with Crippen molar-refractivity contribution in [3.8, 4) is 0 Å². The summed E-state index contributed by atoms with van der Waals surface area (Å²) in [5.74, 6) is 0.145. The van der Waals surface area contributed by atoms with E-state index in [1.807, 2.05) is 6.92 Å². The van der Waals surface area contributed by atoms with Crippen LogP contribution in [-0.2, 0) is 0 Å². The van der Waals surface area contributed by atoms with Gasteiger partial charge < -0.3 is 21.1 Å². The first-order chi connectivity index (χ1) is 10.1. The number of thiazole rings is 1. The lowest BCUT2D eigenvalue weighted by Crippen LogP contribution is -2.32. The number of nitrogens with one attached hydrogen (secondary N) is 1. The van der Waals surface area contributed by atoms with Crippen LogP contribution in [-0.4, -0.2) is 41.7 Å². The van der Waals surface area contributed by atoms with E-state index >= 15 is 0 Å². The highest BCUT2D eigenvalue weighted by molar-refractivity contribution is 7.18. The molecule has 2 heterocycles. The van der Waals surface area contributed by atoms with Gasteiger partial charge in [-0.15, -0.1) is 0 Å². The monoisotopic (exact) mass is 312 g/mol. The third kappa shape index (κ3) is 4.31. The number of nitrogens with two attached hydrogens (primary N) is 1. The van der Waals surface area contributed by atoms with Crippen molar-refractivity contribution < 1.29 is 9.90 Å². The largest absolute Gasteiger partial charge is 0.396 e. The fourth-order valence-electron chi connectivity index (χ4n) is 2.46. The zero-order valence-corrected chi connectivity index (χ0v) is 13.3. The Kier molecular flexibility index (Phi) is 5.81. The Morgan fingerprint density at radius 2 is 2.19 bits per heavy atom. The van der Waals surface area contributed by atoms with Crippen LogP contribution in [0.1, 0.15) is 48.7 Å². The molecule has 118 valence electrons. The Hall–Kier alpha value is -1.34. The number of nitrogens with zero attached hydrogens (tertiary/aromatic N) is 2. The highest BCUT2D eigenvalue weighted by Gasteiger charge is 2.21. The number of aliphatic hydroxyl groups excluding tert-OH is 1. The lowest BCUT2D eigenvalue weighted by molar-refractivity contribution is 0.0941. The lowest BCUT2D eigenvalue weighted by atomic mass is 10.1. The summed E-state index contributed by atoms with van der Waals surface area (Å²) < 4.78 is 0. The zero-order chi connectivity index (χ0) is 15.2. The second-order valence-corrected chi connectivity index (χ2v) is 6.48. The number of amides is 1. The van der Waals surface area contributed by atoms with Crippen molar-refractivity contribution >= 4 is 28.2 Å². The van der Waals surface area contributed by atoms with Crippen molar-refractivity contribution in [3.05, 3.63) is 4.88 Å². The molecule has 0 aromatic carbocycles. The third-order valence-corrected chi connectivity index (χ3v) is 4.78. The van der Waals surface area contributed by atoms with Crippen LogP contribution in [0.25, 0.3) is 0 Å². The van der Waals surface area contributed by atoms with Crippen molar-refractivity contribution in [1.29, 1.82) is 0 Å². The Labute approximate surface area is 129 Å². The fraction of sp³-hybridized carbons (Fsp3) is 0.714. The molecule has 1 unspecified atom stereocenters. The van der Waals surface area contributed by atoms with Crippen molar-refractivity contribution in [2.45, 2.75) is 45.1 Å². The summed E-state index contributed by atoms with van der Waals surface area (Å²) in [4.78, 5) is 19.3. The SMILES string of the molecule is CC(CCCO)NC(=O)c1sc(N2CCCCC2)nc1N. The van der Waals surface area contributed by atoms with Gasteiger partial charge in [-0.3, -0.25) is 4.79 Å². The predicted molar refractivity (Wildman–Crippen MR) is 85.8 cm³/mol. The molecule has 21 heavy (non-hydrogen) atoms. The quantitative estimate of drug-likeness (QED) is 0.742. The molecule has 6 nitrogen and oxygen atoms in total. The number of piperidine rings is 1. The van der Waals surface area contributed by atoms with Gasteiger partial charge in [0.05, 0.1) is 0 Å². The molecule has 1 aromatic rings. The van der Waals surface area contributed by atoms with E-state index in [0.717, 1.165) is 24.6 Å². The van der Waals surface area contributed by atoms with E-state index in [1.165, 1.54) is 30.6 Å². The molecule has 1 amide bonds. The fourth-order valence-corrected chi connectivity index (χ4v) is 3.40. The number of carbonyl (C=O) groups excluding carboxylic acids is 1. The normalized spacial score (nSPS) is 16.8. The minimum absolute atomic E-state index is 0.0181. The molecule has 2 rings (SSSR count). The van der Waals surface area contributed by atoms with Crippen LogP contribution >= 0.6 is 11.3 Å².